The van der Waals surface area contributed by atoms with Crippen LogP contribution in [-0.4, -0.2) is 27.9 Å². The van der Waals surface area contributed by atoms with Gasteiger partial charge >= 0.3 is 11.8 Å². The molecule has 0 saturated carbocycles. The molecule has 0 radical (unpaired) electrons. The number of halogens is 3. The second-order valence-corrected chi connectivity index (χ2v) is 8.83. The minimum Gasteiger partial charge on any atom is -0.464 e. The van der Waals surface area contributed by atoms with Gasteiger partial charge in [0.1, 0.15) is 5.58 Å². The molecule has 2 aromatic carbocycles. The Morgan fingerprint density at radius 2 is 1.85 bits per heavy atom. The summed E-state index contributed by atoms with van der Waals surface area (Å²) in [6.45, 7) is 4.54. The fourth-order valence-corrected chi connectivity index (χ4v) is 4.11. The van der Waals surface area contributed by atoms with E-state index in [0.717, 1.165) is 0 Å². The van der Waals surface area contributed by atoms with Crippen molar-refractivity contribution in [3.05, 3.63) is 70.4 Å². The topological polar surface area (TPSA) is 106 Å². The molecule has 1 amide bonds. The van der Waals surface area contributed by atoms with Crippen molar-refractivity contribution in [1.29, 1.82) is 0 Å². The summed E-state index contributed by atoms with van der Waals surface area (Å²) in [7, 11) is 0. The number of carbonyl (C=O) groups is 1. The van der Waals surface area contributed by atoms with Crippen LogP contribution in [0.2, 0.25) is 0 Å². The summed E-state index contributed by atoms with van der Waals surface area (Å²) in [5, 5.41) is 17.6. The Labute approximate surface area is 191 Å². The van der Waals surface area contributed by atoms with Crippen LogP contribution < -0.4 is 10.9 Å². The second kappa shape index (κ2) is 7.98. The van der Waals surface area contributed by atoms with Crippen LogP contribution in [0.15, 0.2) is 62.5 Å². The molecule has 1 atom stereocenters. The number of nitrogens with one attached hydrogen (secondary N) is 1. The van der Waals surface area contributed by atoms with Crippen LogP contribution in [0, 0.1) is 6.92 Å². The fraction of sp³-hybridized carbons (Fsp3) is 0.292. The number of benzene rings is 2. The normalized spacial score (nSPS) is 14.3. The Morgan fingerprint density at radius 1 is 1.12 bits per heavy atom. The molecule has 4 rings (SSSR count). The third-order valence-corrected chi connectivity index (χ3v) is 5.90. The molecular weight excluding hydrogens is 453 g/mol. The van der Waals surface area contributed by atoms with Crippen molar-refractivity contribution in [3.8, 4) is 0 Å². The maximum atomic E-state index is 14.1. The Hall–Kier alpha value is -3.66. The zero-order valence-corrected chi connectivity index (χ0v) is 18.5. The van der Waals surface area contributed by atoms with Gasteiger partial charge in [-0.25, -0.2) is 4.79 Å². The van der Waals surface area contributed by atoms with Crippen molar-refractivity contribution in [2.24, 2.45) is 0 Å². The van der Waals surface area contributed by atoms with Gasteiger partial charge in [0.2, 0.25) is 5.60 Å². The van der Waals surface area contributed by atoms with E-state index in [1.54, 1.807) is 31.2 Å². The number of aromatic nitrogens is 1. The second-order valence-electron chi connectivity index (χ2n) is 8.83. The molecule has 0 aliphatic carbocycles. The van der Waals surface area contributed by atoms with Crippen molar-refractivity contribution in [2.75, 3.05) is 5.32 Å². The number of furan rings is 1. The maximum absolute atomic E-state index is 14.1. The van der Waals surface area contributed by atoms with Crippen molar-refractivity contribution in [3.63, 3.8) is 0 Å². The molecule has 0 aliphatic heterocycles. The molecule has 0 bridgehead atoms. The molecule has 1 unspecified atom stereocenters. The Bertz CT molecular complexity index is 1450. The van der Waals surface area contributed by atoms with E-state index in [4.69, 9.17) is 4.42 Å². The predicted octanol–water partition coefficient (Wildman–Crippen LogP) is 4.84. The highest BCUT2D eigenvalue weighted by Crippen LogP contribution is 2.43. The number of hydrogen-bond donors (Lipinski definition) is 2. The van der Waals surface area contributed by atoms with E-state index >= 15 is 0 Å². The molecule has 2 heterocycles. The van der Waals surface area contributed by atoms with Crippen molar-refractivity contribution >= 4 is 33.3 Å². The first kappa shape index (κ1) is 23.5. The molecule has 0 saturated heterocycles. The zero-order valence-electron chi connectivity index (χ0n) is 18.5. The predicted molar refractivity (Wildman–Crippen MR) is 119 cm³/mol. The SMILES string of the molecule is Cc1noc(=O)c2ccc(NC(=O)C(O)(CC(C)(C)c3cccc4ccoc34)C(F)(F)F)cc12. The average Bonchev–Trinajstić information content (AvgIpc) is 3.24. The third-order valence-electron chi connectivity index (χ3n) is 5.90. The molecular formula is C24H21F3N2O5. The van der Waals surface area contributed by atoms with Gasteiger partial charge in [0.25, 0.3) is 5.91 Å². The van der Waals surface area contributed by atoms with Gasteiger partial charge in [-0.05, 0) is 36.6 Å². The molecule has 2 N–H and O–H groups in total. The quantitative estimate of drug-likeness (QED) is 0.429. The molecule has 178 valence electrons. The molecule has 2 aromatic heterocycles. The summed E-state index contributed by atoms with van der Waals surface area (Å²) in [6.07, 6.45) is -4.82. The van der Waals surface area contributed by atoms with Gasteiger partial charge in [-0.15, -0.1) is 0 Å². The number of rotatable bonds is 5. The lowest BCUT2D eigenvalue weighted by atomic mass is 9.74. The lowest BCUT2D eigenvalue weighted by Gasteiger charge is -2.36. The monoisotopic (exact) mass is 474 g/mol. The van der Waals surface area contributed by atoms with E-state index in [9.17, 15) is 27.9 Å². The largest absolute Gasteiger partial charge is 0.464 e. The van der Waals surface area contributed by atoms with Crippen molar-refractivity contribution in [1.82, 2.24) is 5.16 Å². The highest BCUT2D eigenvalue weighted by atomic mass is 19.4. The molecule has 0 fully saturated rings. The number of aliphatic hydroxyl groups is 1. The molecule has 34 heavy (non-hydrogen) atoms. The van der Waals surface area contributed by atoms with Crippen LogP contribution in [0.1, 0.15) is 31.5 Å². The smallest absolute Gasteiger partial charge is 0.426 e. The van der Waals surface area contributed by atoms with Crippen LogP contribution in [-0.2, 0) is 10.2 Å². The number of anilines is 1. The Balaban J connectivity index is 1.70. The van der Waals surface area contributed by atoms with Gasteiger partial charge in [0.05, 0.1) is 17.3 Å². The number of alkyl halides is 3. The first-order valence-electron chi connectivity index (χ1n) is 10.3. The van der Waals surface area contributed by atoms with Crippen molar-refractivity contribution < 1.29 is 32.0 Å². The highest BCUT2D eigenvalue weighted by molar-refractivity contribution is 6.00. The number of fused-ring (bicyclic) bond motifs is 2. The van der Waals surface area contributed by atoms with Gasteiger partial charge < -0.3 is 19.4 Å². The summed E-state index contributed by atoms with van der Waals surface area (Å²) in [5.74, 6) is -1.65. The minimum absolute atomic E-state index is 0.0402. The van der Waals surface area contributed by atoms with Crippen LogP contribution in [0.5, 0.6) is 0 Å². The summed E-state index contributed by atoms with van der Waals surface area (Å²) in [5.41, 5.74) is -4.67. The maximum Gasteiger partial charge on any atom is 0.426 e. The molecule has 4 aromatic rings. The van der Waals surface area contributed by atoms with Crippen molar-refractivity contribution in [2.45, 2.75) is 44.4 Å². The summed E-state index contributed by atoms with van der Waals surface area (Å²) < 4.78 is 52.5. The molecule has 0 aliphatic rings. The standard InChI is InChI=1S/C24H21F3N2O5/c1-13-17-11-15(7-8-16(17)20(30)34-29-13)28-21(31)23(32,24(25,26)27)12-22(2,3)18-6-4-5-14-9-10-33-19(14)18/h4-11,32H,12H2,1-3H3,(H,28,31). The van der Waals surface area contributed by atoms with E-state index < -0.39 is 35.1 Å². The van der Waals surface area contributed by atoms with E-state index in [0.29, 0.717) is 27.6 Å². The number of nitrogens with zero attached hydrogens (tertiary/aromatic N) is 1. The first-order chi connectivity index (χ1) is 15.8. The first-order valence-corrected chi connectivity index (χ1v) is 10.3. The number of para-hydroxylation sites is 1. The summed E-state index contributed by atoms with van der Waals surface area (Å²) >= 11 is 0. The van der Waals surface area contributed by atoms with Crippen LogP contribution in [0.4, 0.5) is 18.9 Å². The van der Waals surface area contributed by atoms with E-state index in [-0.39, 0.29) is 11.1 Å². The Kier molecular flexibility index (Phi) is 5.52. The van der Waals surface area contributed by atoms with Crippen LogP contribution in [0.3, 0.4) is 0 Å². The van der Waals surface area contributed by atoms with Gasteiger partial charge in [-0.2, -0.15) is 13.2 Å². The number of carbonyl (C=O) groups excluding carboxylic acids is 1. The third kappa shape index (κ3) is 3.94. The number of aryl methyl sites for hydroxylation is 1. The molecule has 0 spiro atoms. The average molecular weight is 474 g/mol. The van der Waals surface area contributed by atoms with E-state index in [2.05, 4.69) is 15.0 Å². The molecule has 10 heteroatoms. The Morgan fingerprint density at radius 3 is 2.56 bits per heavy atom. The zero-order chi connectivity index (χ0) is 24.9. The van der Waals surface area contributed by atoms with Crippen LogP contribution >= 0.6 is 0 Å². The van der Waals surface area contributed by atoms with Gasteiger partial charge in [-0.1, -0.05) is 37.2 Å². The van der Waals surface area contributed by atoms with E-state index in [1.807, 2.05) is 0 Å². The minimum atomic E-state index is -5.28. The summed E-state index contributed by atoms with van der Waals surface area (Å²) in [6, 6.07) is 10.6. The van der Waals surface area contributed by atoms with Crippen LogP contribution in [0.25, 0.3) is 21.7 Å². The molecule has 7 nitrogen and oxygen atoms in total. The summed E-state index contributed by atoms with van der Waals surface area (Å²) in [4.78, 5) is 24.7. The lowest BCUT2D eigenvalue weighted by Crippen LogP contribution is -2.57. The van der Waals surface area contributed by atoms with Gasteiger partial charge in [0, 0.05) is 28.4 Å². The van der Waals surface area contributed by atoms with Gasteiger partial charge in [0.15, 0.2) is 0 Å². The number of amides is 1. The fourth-order valence-electron chi connectivity index (χ4n) is 4.11. The number of hydrogen-bond acceptors (Lipinski definition) is 6. The highest BCUT2D eigenvalue weighted by Gasteiger charge is 2.61. The lowest BCUT2D eigenvalue weighted by molar-refractivity contribution is -0.254. The van der Waals surface area contributed by atoms with Gasteiger partial charge in [-0.3, -0.25) is 4.79 Å². The van der Waals surface area contributed by atoms with E-state index in [1.165, 1.54) is 38.3 Å².